The summed E-state index contributed by atoms with van der Waals surface area (Å²) in [6.07, 6.45) is 0. The van der Waals surface area contributed by atoms with Gasteiger partial charge in [0.25, 0.3) is 0 Å². The van der Waals surface area contributed by atoms with Crippen LogP contribution in [0.3, 0.4) is 0 Å². The van der Waals surface area contributed by atoms with Gasteiger partial charge in [-0.25, -0.2) is 0 Å². The Morgan fingerprint density at radius 1 is 1.40 bits per heavy atom. The Balaban J connectivity index is 3.04. The number of hydrogen-bond acceptors (Lipinski definition) is 2. The second-order valence-corrected chi connectivity index (χ2v) is 2.40. The van der Waals surface area contributed by atoms with E-state index in [1.165, 1.54) is 0 Å². The van der Waals surface area contributed by atoms with Crippen LogP contribution in [-0.4, -0.2) is 0 Å². The fourth-order valence-electron chi connectivity index (χ4n) is 0.865. The summed E-state index contributed by atoms with van der Waals surface area (Å²) in [5.74, 6) is 0. The zero-order chi connectivity index (χ0) is 7.56. The molecule has 0 saturated heterocycles. The van der Waals surface area contributed by atoms with Crippen LogP contribution in [0.4, 0.5) is 5.69 Å². The molecule has 4 N–H and O–H groups in total. The molecule has 0 heterocycles. The van der Waals surface area contributed by atoms with Gasteiger partial charge in [-0.05, 0) is 24.1 Å². The monoisotopic (exact) mass is 136 g/mol. The second-order valence-electron chi connectivity index (χ2n) is 2.40. The summed E-state index contributed by atoms with van der Waals surface area (Å²) in [4.78, 5) is 0. The third kappa shape index (κ3) is 1.28. The van der Waals surface area contributed by atoms with E-state index in [0.29, 0.717) is 6.54 Å². The standard InChI is InChI=1S/C8H12N2/c1-6-4-7(5-9)2-3-8(6)10/h2-4H,5,9-10H2,1H3. The zero-order valence-corrected chi connectivity index (χ0v) is 6.09. The SMILES string of the molecule is Cc1cc(CN)ccc1N. The molecule has 0 aromatic heterocycles. The van der Waals surface area contributed by atoms with Crippen LogP contribution in [0.2, 0.25) is 0 Å². The van der Waals surface area contributed by atoms with Gasteiger partial charge in [0.1, 0.15) is 0 Å². The van der Waals surface area contributed by atoms with Crippen molar-refractivity contribution in [2.24, 2.45) is 5.73 Å². The van der Waals surface area contributed by atoms with Crippen LogP contribution in [-0.2, 0) is 6.54 Å². The van der Waals surface area contributed by atoms with Gasteiger partial charge >= 0.3 is 0 Å². The molecule has 10 heavy (non-hydrogen) atoms. The van der Waals surface area contributed by atoms with Crippen molar-refractivity contribution in [3.05, 3.63) is 29.3 Å². The largest absolute Gasteiger partial charge is 0.399 e. The van der Waals surface area contributed by atoms with Crippen molar-refractivity contribution >= 4 is 5.69 Å². The lowest BCUT2D eigenvalue weighted by molar-refractivity contribution is 1.07. The molecule has 0 radical (unpaired) electrons. The summed E-state index contributed by atoms with van der Waals surface area (Å²) in [5.41, 5.74) is 14.1. The molecular formula is C8H12N2. The molecule has 0 bridgehead atoms. The Labute approximate surface area is 60.8 Å². The molecule has 1 aromatic rings. The molecule has 0 unspecified atom stereocenters. The van der Waals surface area contributed by atoms with Crippen LogP contribution in [0.1, 0.15) is 11.1 Å². The Morgan fingerprint density at radius 3 is 2.60 bits per heavy atom. The summed E-state index contributed by atoms with van der Waals surface area (Å²) in [6.45, 7) is 2.57. The fraction of sp³-hybridized carbons (Fsp3) is 0.250. The van der Waals surface area contributed by atoms with Gasteiger partial charge < -0.3 is 11.5 Å². The maximum atomic E-state index is 5.60. The van der Waals surface area contributed by atoms with E-state index in [9.17, 15) is 0 Å². The van der Waals surface area contributed by atoms with Crippen molar-refractivity contribution in [2.45, 2.75) is 13.5 Å². The maximum absolute atomic E-state index is 5.60. The van der Waals surface area contributed by atoms with E-state index in [1.807, 2.05) is 25.1 Å². The first-order valence-corrected chi connectivity index (χ1v) is 3.29. The van der Waals surface area contributed by atoms with Gasteiger partial charge in [0.15, 0.2) is 0 Å². The highest BCUT2D eigenvalue weighted by molar-refractivity contribution is 5.47. The van der Waals surface area contributed by atoms with Crippen molar-refractivity contribution in [3.63, 3.8) is 0 Å². The van der Waals surface area contributed by atoms with Crippen LogP contribution in [0, 0.1) is 6.92 Å². The summed E-state index contributed by atoms with van der Waals surface area (Å²) < 4.78 is 0. The Morgan fingerprint density at radius 2 is 2.10 bits per heavy atom. The number of anilines is 1. The van der Waals surface area contributed by atoms with Gasteiger partial charge in [0, 0.05) is 12.2 Å². The highest BCUT2D eigenvalue weighted by Gasteiger charge is 1.92. The summed E-state index contributed by atoms with van der Waals surface area (Å²) in [7, 11) is 0. The number of benzene rings is 1. The first kappa shape index (κ1) is 7.09. The minimum absolute atomic E-state index is 0.584. The molecule has 0 amide bonds. The lowest BCUT2D eigenvalue weighted by Gasteiger charge is -2.01. The predicted molar refractivity (Wildman–Crippen MR) is 43.5 cm³/mol. The van der Waals surface area contributed by atoms with Crippen molar-refractivity contribution in [1.82, 2.24) is 0 Å². The molecule has 0 aliphatic rings. The second kappa shape index (κ2) is 2.71. The van der Waals surface area contributed by atoms with Crippen LogP contribution >= 0.6 is 0 Å². The Hall–Kier alpha value is -1.02. The molecule has 0 fully saturated rings. The van der Waals surface area contributed by atoms with Gasteiger partial charge in [0.05, 0.1) is 0 Å². The van der Waals surface area contributed by atoms with E-state index in [4.69, 9.17) is 11.5 Å². The number of rotatable bonds is 1. The van der Waals surface area contributed by atoms with Crippen LogP contribution in [0.25, 0.3) is 0 Å². The maximum Gasteiger partial charge on any atom is 0.0343 e. The molecular weight excluding hydrogens is 124 g/mol. The molecule has 1 rings (SSSR count). The van der Waals surface area contributed by atoms with E-state index in [1.54, 1.807) is 0 Å². The lowest BCUT2D eigenvalue weighted by Crippen LogP contribution is -1.97. The molecule has 0 aliphatic heterocycles. The first-order valence-electron chi connectivity index (χ1n) is 3.29. The van der Waals surface area contributed by atoms with Crippen molar-refractivity contribution in [2.75, 3.05) is 5.73 Å². The minimum atomic E-state index is 0.584. The van der Waals surface area contributed by atoms with E-state index in [0.717, 1.165) is 16.8 Å². The van der Waals surface area contributed by atoms with Crippen molar-refractivity contribution < 1.29 is 0 Å². The first-order chi connectivity index (χ1) is 4.74. The molecule has 54 valence electrons. The van der Waals surface area contributed by atoms with E-state index >= 15 is 0 Å². The van der Waals surface area contributed by atoms with Crippen LogP contribution in [0.5, 0.6) is 0 Å². The van der Waals surface area contributed by atoms with Crippen molar-refractivity contribution in [1.29, 1.82) is 0 Å². The minimum Gasteiger partial charge on any atom is -0.399 e. The highest BCUT2D eigenvalue weighted by Crippen LogP contribution is 2.11. The van der Waals surface area contributed by atoms with Gasteiger partial charge in [-0.15, -0.1) is 0 Å². The average Bonchev–Trinajstić information content (AvgIpc) is 1.95. The summed E-state index contributed by atoms with van der Waals surface area (Å²) in [6, 6.07) is 5.84. The Kier molecular flexibility index (Phi) is 1.92. The highest BCUT2D eigenvalue weighted by atomic mass is 14.6. The van der Waals surface area contributed by atoms with Crippen LogP contribution in [0.15, 0.2) is 18.2 Å². The molecule has 0 spiro atoms. The quantitative estimate of drug-likeness (QED) is 0.567. The lowest BCUT2D eigenvalue weighted by atomic mass is 10.1. The van der Waals surface area contributed by atoms with Crippen LogP contribution < -0.4 is 11.5 Å². The molecule has 1 aromatic carbocycles. The van der Waals surface area contributed by atoms with E-state index in [-0.39, 0.29) is 0 Å². The molecule has 2 heteroatoms. The molecule has 0 atom stereocenters. The predicted octanol–water partition coefficient (Wildman–Crippen LogP) is 1.04. The zero-order valence-electron chi connectivity index (χ0n) is 6.09. The topological polar surface area (TPSA) is 52.0 Å². The average molecular weight is 136 g/mol. The normalized spacial score (nSPS) is 9.80. The fourth-order valence-corrected chi connectivity index (χ4v) is 0.865. The summed E-state index contributed by atoms with van der Waals surface area (Å²) in [5, 5.41) is 0. The number of aryl methyl sites for hydroxylation is 1. The van der Waals surface area contributed by atoms with E-state index < -0.39 is 0 Å². The molecule has 2 nitrogen and oxygen atoms in total. The van der Waals surface area contributed by atoms with Gasteiger partial charge in [-0.1, -0.05) is 12.1 Å². The molecule has 0 saturated carbocycles. The van der Waals surface area contributed by atoms with E-state index in [2.05, 4.69) is 0 Å². The van der Waals surface area contributed by atoms with Gasteiger partial charge in [-0.2, -0.15) is 0 Å². The molecule has 0 aliphatic carbocycles. The Bertz CT molecular complexity index is 231. The van der Waals surface area contributed by atoms with Gasteiger partial charge in [-0.3, -0.25) is 0 Å². The smallest absolute Gasteiger partial charge is 0.0343 e. The number of nitrogens with two attached hydrogens (primary N) is 2. The third-order valence-electron chi connectivity index (χ3n) is 1.57. The van der Waals surface area contributed by atoms with Crippen molar-refractivity contribution in [3.8, 4) is 0 Å². The summed E-state index contributed by atoms with van der Waals surface area (Å²) >= 11 is 0. The number of nitrogen functional groups attached to an aromatic ring is 1. The number of hydrogen-bond donors (Lipinski definition) is 2. The third-order valence-corrected chi connectivity index (χ3v) is 1.57. The van der Waals surface area contributed by atoms with Gasteiger partial charge in [0.2, 0.25) is 0 Å².